The highest BCUT2D eigenvalue weighted by atomic mass is 16.2. The van der Waals surface area contributed by atoms with E-state index >= 15 is 0 Å². The predicted octanol–water partition coefficient (Wildman–Crippen LogP) is 0.664. The van der Waals surface area contributed by atoms with Gasteiger partial charge in [-0.2, -0.15) is 0 Å². The first-order valence-electron chi connectivity index (χ1n) is 4.51. The van der Waals surface area contributed by atoms with Crippen LogP contribution >= 0.6 is 0 Å². The molecule has 1 saturated carbocycles. The van der Waals surface area contributed by atoms with Gasteiger partial charge in [-0.15, -0.1) is 0 Å². The van der Waals surface area contributed by atoms with Crippen molar-refractivity contribution in [3.05, 3.63) is 0 Å². The molecular formula is C9H15NO2. The van der Waals surface area contributed by atoms with E-state index in [0.29, 0.717) is 25.8 Å². The van der Waals surface area contributed by atoms with E-state index < -0.39 is 0 Å². The van der Waals surface area contributed by atoms with E-state index in [1.54, 1.807) is 0 Å². The number of hydrogen-bond acceptors (Lipinski definition) is 3. The molecule has 1 rings (SSSR count). The molecule has 2 N–H and O–H groups in total. The van der Waals surface area contributed by atoms with E-state index in [1.165, 1.54) is 0 Å². The van der Waals surface area contributed by atoms with Gasteiger partial charge in [-0.25, -0.2) is 0 Å². The molecule has 0 bridgehead atoms. The van der Waals surface area contributed by atoms with Crippen molar-refractivity contribution in [2.45, 2.75) is 32.1 Å². The average Bonchev–Trinajstić information content (AvgIpc) is 2.04. The Balaban J connectivity index is 2.45. The molecule has 0 spiro atoms. The van der Waals surface area contributed by atoms with E-state index in [1.807, 2.05) is 0 Å². The first kappa shape index (κ1) is 9.39. The number of hydrogen-bond donors (Lipinski definition) is 1. The van der Waals surface area contributed by atoms with Crippen LogP contribution in [-0.2, 0) is 9.59 Å². The third kappa shape index (κ3) is 2.14. The zero-order valence-electron chi connectivity index (χ0n) is 7.21. The van der Waals surface area contributed by atoms with E-state index in [-0.39, 0.29) is 17.5 Å². The molecule has 3 nitrogen and oxygen atoms in total. The molecule has 0 atom stereocenters. The fraction of sp³-hybridized carbons (Fsp3) is 0.778. The Labute approximate surface area is 72.3 Å². The molecule has 12 heavy (non-hydrogen) atoms. The monoisotopic (exact) mass is 169 g/mol. The number of Topliss-reactive ketones (excluding diaryl/α,β-unsaturated/α-hetero) is 2. The molecule has 0 amide bonds. The molecule has 0 saturated heterocycles. The Morgan fingerprint density at radius 1 is 1.25 bits per heavy atom. The Morgan fingerprint density at radius 2 is 1.83 bits per heavy atom. The van der Waals surface area contributed by atoms with Gasteiger partial charge in [-0.05, 0) is 25.8 Å². The highest BCUT2D eigenvalue weighted by molar-refractivity contribution is 6.04. The molecule has 0 aromatic carbocycles. The lowest BCUT2D eigenvalue weighted by atomic mass is 9.84. The second-order valence-corrected chi connectivity index (χ2v) is 3.27. The molecule has 0 aliphatic heterocycles. The highest BCUT2D eigenvalue weighted by Crippen LogP contribution is 2.20. The lowest BCUT2D eigenvalue weighted by Gasteiger charge is -2.18. The van der Waals surface area contributed by atoms with Crippen LogP contribution in [0.5, 0.6) is 0 Å². The number of carbonyl (C=O) groups is 2. The molecule has 1 fully saturated rings. The molecule has 0 aromatic rings. The molecule has 0 heterocycles. The lowest BCUT2D eigenvalue weighted by molar-refractivity contribution is -0.135. The molecule has 1 aliphatic carbocycles. The van der Waals surface area contributed by atoms with Crippen LogP contribution in [0.2, 0.25) is 0 Å². The van der Waals surface area contributed by atoms with Crippen LogP contribution in [-0.4, -0.2) is 18.1 Å². The second-order valence-electron chi connectivity index (χ2n) is 3.27. The summed E-state index contributed by atoms with van der Waals surface area (Å²) in [6.45, 7) is 0.567. The van der Waals surface area contributed by atoms with Gasteiger partial charge in [0.2, 0.25) is 0 Å². The number of nitrogens with two attached hydrogens (primary N) is 1. The largest absolute Gasteiger partial charge is 0.330 e. The number of carbonyl (C=O) groups excluding carboxylic acids is 2. The summed E-state index contributed by atoms with van der Waals surface area (Å²) in [5, 5.41) is 0. The van der Waals surface area contributed by atoms with E-state index in [0.717, 1.165) is 12.8 Å². The smallest absolute Gasteiger partial charge is 0.143 e. The summed E-state index contributed by atoms with van der Waals surface area (Å²) < 4.78 is 0. The molecular weight excluding hydrogens is 154 g/mol. The first-order chi connectivity index (χ1) is 5.75. The Hall–Kier alpha value is -0.700. The zero-order valence-corrected chi connectivity index (χ0v) is 7.21. The number of rotatable bonds is 3. The number of ketones is 2. The fourth-order valence-corrected chi connectivity index (χ4v) is 1.61. The van der Waals surface area contributed by atoms with Crippen molar-refractivity contribution in [3.63, 3.8) is 0 Å². The van der Waals surface area contributed by atoms with Crippen LogP contribution in [0.4, 0.5) is 0 Å². The third-order valence-electron chi connectivity index (χ3n) is 2.32. The molecule has 0 radical (unpaired) electrons. The normalized spacial score (nSPS) is 20.1. The zero-order chi connectivity index (χ0) is 8.97. The standard InChI is InChI=1S/C9H15NO2/c10-6-2-3-7-8(11)4-1-5-9(7)12/h7H,1-6,10H2. The van der Waals surface area contributed by atoms with Crippen LogP contribution in [0.1, 0.15) is 32.1 Å². The topological polar surface area (TPSA) is 60.2 Å². The lowest BCUT2D eigenvalue weighted by Crippen LogP contribution is -2.28. The fourth-order valence-electron chi connectivity index (χ4n) is 1.61. The maximum atomic E-state index is 11.2. The summed E-state index contributed by atoms with van der Waals surface area (Å²) in [6.07, 6.45) is 3.36. The molecule has 0 unspecified atom stereocenters. The SMILES string of the molecule is NCCCC1C(=O)CCCC1=O. The van der Waals surface area contributed by atoms with Gasteiger partial charge in [0.25, 0.3) is 0 Å². The predicted molar refractivity (Wildman–Crippen MR) is 45.6 cm³/mol. The second kappa shape index (κ2) is 4.36. The van der Waals surface area contributed by atoms with Gasteiger partial charge in [-0.3, -0.25) is 9.59 Å². The van der Waals surface area contributed by atoms with Gasteiger partial charge < -0.3 is 5.73 Å². The average molecular weight is 169 g/mol. The molecule has 1 aliphatic rings. The van der Waals surface area contributed by atoms with Gasteiger partial charge in [0.1, 0.15) is 11.6 Å². The van der Waals surface area contributed by atoms with Crippen LogP contribution < -0.4 is 5.73 Å². The maximum absolute atomic E-state index is 11.2. The Bertz CT molecular complexity index is 173. The molecule has 68 valence electrons. The quantitative estimate of drug-likeness (QED) is 0.631. The van der Waals surface area contributed by atoms with Crippen LogP contribution in [0.25, 0.3) is 0 Å². The van der Waals surface area contributed by atoms with Gasteiger partial charge in [0, 0.05) is 12.8 Å². The summed E-state index contributed by atoms with van der Waals surface area (Å²) >= 11 is 0. The molecule has 3 heteroatoms. The van der Waals surface area contributed by atoms with Crippen molar-refractivity contribution in [2.24, 2.45) is 11.7 Å². The van der Waals surface area contributed by atoms with Crippen molar-refractivity contribution >= 4 is 11.6 Å². The third-order valence-corrected chi connectivity index (χ3v) is 2.32. The minimum atomic E-state index is -0.317. The van der Waals surface area contributed by atoms with Crippen LogP contribution in [0.3, 0.4) is 0 Å². The summed E-state index contributed by atoms with van der Waals surface area (Å²) in [5.41, 5.74) is 5.31. The van der Waals surface area contributed by atoms with Gasteiger partial charge >= 0.3 is 0 Å². The van der Waals surface area contributed by atoms with Crippen molar-refractivity contribution in [2.75, 3.05) is 6.54 Å². The van der Waals surface area contributed by atoms with Crippen molar-refractivity contribution in [1.82, 2.24) is 0 Å². The summed E-state index contributed by atoms with van der Waals surface area (Å²) in [5.74, 6) is -0.0679. The van der Waals surface area contributed by atoms with E-state index in [2.05, 4.69) is 0 Å². The van der Waals surface area contributed by atoms with Gasteiger partial charge in [-0.1, -0.05) is 0 Å². The van der Waals surface area contributed by atoms with Crippen molar-refractivity contribution in [3.8, 4) is 0 Å². The minimum Gasteiger partial charge on any atom is -0.330 e. The summed E-state index contributed by atoms with van der Waals surface area (Å²) in [7, 11) is 0. The van der Waals surface area contributed by atoms with Crippen LogP contribution in [0, 0.1) is 5.92 Å². The summed E-state index contributed by atoms with van der Waals surface area (Å²) in [6, 6.07) is 0. The highest BCUT2D eigenvalue weighted by Gasteiger charge is 2.28. The minimum absolute atomic E-state index is 0.125. The van der Waals surface area contributed by atoms with Crippen LogP contribution in [0.15, 0.2) is 0 Å². The first-order valence-corrected chi connectivity index (χ1v) is 4.51. The van der Waals surface area contributed by atoms with Gasteiger partial charge in [0.05, 0.1) is 5.92 Å². The molecule has 0 aromatic heterocycles. The van der Waals surface area contributed by atoms with E-state index in [4.69, 9.17) is 5.73 Å². The van der Waals surface area contributed by atoms with Crippen molar-refractivity contribution < 1.29 is 9.59 Å². The van der Waals surface area contributed by atoms with Gasteiger partial charge in [0.15, 0.2) is 0 Å². The maximum Gasteiger partial charge on any atom is 0.143 e. The Morgan fingerprint density at radius 3 is 2.33 bits per heavy atom. The van der Waals surface area contributed by atoms with E-state index in [9.17, 15) is 9.59 Å². The Kier molecular flexibility index (Phi) is 3.41. The summed E-state index contributed by atoms with van der Waals surface area (Å²) in [4.78, 5) is 22.5. The van der Waals surface area contributed by atoms with Crippen molar-refractivity contribution in [1.29, 1.82) is 0 Å².